The first-order chi connectivity index (χ1) is 7.54. The van der Waals surface area contributed by atoms with Gasteiger partial charge < -0.3 is 0 Å². The summed E-state index contributed by atoms with van der Waals surface area (Å²) in [5, 5.41) is 0. The Kier molecular flexibility index (Phi) is 4.73. The molecule has 1 aromatic carbocycles. The second kappa shape index (κ2) is 5.84. The molecule has 0 aliphatic rings. The molecule has 0 heterocycles. The molecule has 0 aliphatic heterocycles. The van der Waals surface area contributed by atoms with Crippen molar-refractivity contribution in [2.24, 2.45) is 0 Å². The summed E-state index contributed by atoms with van der Waals surface area (Å²) in [5.41, 5.74) is 0.0587. The molecule has 88 valence electrons. The SMILES string of the molecule is CCCS(=O)CC(=O)c1ccc(F)c(F)c1. The van der Waals surface area contributed by atoms with E-state index in [-0.39, 0.29) is 11.3 Å². The predicted octanol–water partition coefficient (Wildman–Crippen LogP) is 2.31. The Balaban J connectivity index is 2.73. The molecule has 1 aromatic rings. The third-order valence-corrected chi connectivity index (χ3v) is 3.41. The van der Waals surface area contributed by atoms with E-state index in [9.17, 15) is 17.8 Å². The summed E-state index contributed by atoms with van der Waals surface area (Å²) >= 11 is 0. The van der Waals surface area contributed by atoms with Crippen LogP contribution in [0.4, 0.5) is 8.78 Å². The number of carbonyl (C=O) groups is 1. The number of carbonyl (C=O) groups excluding carboxylic acids is 1. The van der Waals surface area contributed by atoms with E-state index in [2.05, 4.69) is 0 Å². The van der Waals surface area contributed by atoms with Crippen LogP contribution in [0.3, 0.4) is 0 Å². The van der Waals surface area contributed by atoms with Gasteiger partial charge in [0.1, 0.15) is 0 Å². The summed E-state index contributed by atoms with van der Waals surface area (Å²) in [4.78, 5) is 11.5. The number of benzene rings is 1. The van der Waals surface area contributed by atoms with E-state index in [1.165, 1.54) is 6.07 Å². The molecule has 2 nitrogen and oxygen atoms in total. The molecule has 0 amide bonds. The van der Waals surface area contributed by atoms with Crippen molar-refractivity contribution in [3.8, 4) is 0 Å². The van der Waals surface area contributed by atoms with Crippen LogP contribution in [0, 0.1) is 11.6 Å². The van der Waals surface area contributed by atoms with Crippen LogP contribution in [0.5, 0.6) is 0 Å². The van der Waals surface area contributed by atoms with E-state index in [0.29, 0.717) is 5.75 Å². The van der Waals surface area contributed by atoms with Crippen LogP contribution in [0.2, 0.25) is 0 Å². The van der Waals surface area contributed by atoms with Gasteiger partial charge in [0.05, 0.1) is 5.75 Å². The summed E-state index contributed by atoms with van der Waals surface area (Å²) < 4.78 is 36.7. The summed E-state index contributed by atoms with van der Waals surface area (Å²) in [6, 6.07) is 2.93. The first-order valence-electron chi connectivity index (χ1n) is 4.87. The summed E-state index contributed by atoms with van der Waals surface area (Å²) in [5.74, 6) is -2.18. The number of hydrogen-bond acceptors (Lipinski definition) is 2. The lowest BCUT2D eigenvalue weighted by Crippen LogP contribution is -2.13. The second-order valence-corrected chi connectivity index (χ2v) is 4.92. The number of Topliss-reactive ketones (excluding diaryl/α,β-unsaturated/α-hetero) is 1. The highest BCUT2D eigenvalue weighted by Gasteiger charge is 2.12. The molecule has 0 radical (unpaired) electrons. The maximum absolute atomic E-state index is 12.8. The van der Waals surface area contributed by atoms with Gasteiger partial charge in [-0.15, -0.1) is 0 Å². The highest BCUT2D eigenvalue weighted by Crippen LogP contribution is 2.09. The van der Waals surface area contributed by atoms with Crippen molar-refractivity contribution in [2.75, 3.05) is 11.5 Å². The number of ketones is 1. The van der Waals surface area contributed by atoms with Gasteiger partial charge in [-0.05, 0) is 24.6 Å². The number of hydrogen-bond donors (Lipinski definition) is 0. The zero-order valence-electron chi connectivity index (χ0n) is 8.83. The molecule has 0 aromatic heterocycles. The maximum atomic E-state index is 12.8. The maximum Gasteiger partial charge on any atom is 0.175 e. The first kappa shape index (κ1) is 13.0. The van der Waals surface area contributed by atoms with Gasteiger partial charge in [0.15, 0.2) is 17.4 Å². The van der Waals surface area contributed by atoms with Crippen molar-refractivity contribution in [1.29, 1.82) is 0 Å². The Morgan fingerprint density at radius 1 is 1.31 bits per heavy atom. The number of rotatable bonds is 5. The first-order valence-corrected chi connectivity index (χ1v) is 6.36. The minimum Gasteiger partial charge on any atom is -0.293 e. The van der Waals surface area contributed by atoms with Gasteiger partial charge in [0.2, 0.25) is 0 Å². The Morgan fingerprint density at radius 3 is 2.56 bits per heavy atom. The smallest absolute Gasteiger partial charge is 0.175 e. The standard InChI is InChI=1S/C11H12F2O2S/c1-2-5-16(15)7-11(14)8-3-4-9(12)10(13)6-8/h3-4,6H,2,5,7H2,1H3. The van der Waals surface area contributed by atoms with Gasteiger partial charge in [-0.25, -0.2) is 8.78 Å². The van der Waals surface area contributed by atoms with Crippen LogP contribution >= 0.6 is 0 Å². The van der Waals surface area contributed by atoms with Crippen molar-refractivity contribution in [3.05, 3.63) is 35.4 Å². The van der Waals surface area contributed by atoms with E-state index < -0.39 is 28.2 Å². The zero-order chi connectivity index (χ0) is 12.1. The second-order valence-electron chi connectivity index (χ2n) is 3.34. The van der Waals surface area contributed by atoms with Gasteiger partial charge in [-0.3, -0.25) is 9.00 Å². The van der Waals surface area contributed by atoms with Gasteiger partial charge in [-0.1, -0.05) is 6.92 Å². The fourth-order valence-corrected chi connectivity index (χ4v) is 2.26. The number of halogens is 2. The molecular weight excluding hydrogens is 234 g/mol. The Hall–Kier alpha value is -1.10. The molecule has 0 N–H and O–H groups in total. The molecule has 0 spiro atoms. The van der Waals surface area contributed by atoms with Gasteiger partial charge in [0, 0.05) is 22.1 Å². The summed E-state index contributed by atoms with van der Waals surface area (Å²) in [6.45, 7) is 1.86. The fourth-order valence-electron chi connectivity index (χ4n) is 1.20. The Bertz CT molecular complexity index is 418. The molecule has 0 fully saturated rings. The molecule has 0 saturated carbocycles. The van der Waals surface area contributed by atoms with Crippen LogP contribution in [-0.2, 0) is 10.8 Å². The molecule has 1 atom stereocenters. The van der Waals surface area contributed by atoms with E-state index in [4.69, 9.17) is 0 Å². The zero-order valence-corrected chi connectivity index (χ0v) is 9.65. The topological polar surface area (TPSA) is 34.1 Å². The van der Waals surface area contributed by atoms with Crippen LogP contribution in [-0.4, -0.2) is 21.5 Å². The van der Waals surface area contributed by atoms with Crippen LogP contribution in [0.25, 0.3) is 0 Å². The molecule has 0 bridgehead atoms. The molecule has 1 unspecified atom stereocenters. The minimum absolute atomic E-state index is 0.0587. The van der Waals surface area contributed by atoms with Crippen LogP contribution < -0.4 is 0 Å². The largest absolute Gasteiger partial charge is 0.293 e. The molecular formula is C11H12F2O2S. The van der Waals surface area contributed by atoms with Gasteiger partial charge in [0.25, 0.3) is 0 Å². The Morgan fingerprint density at radius 2 is 2.00 bits per heavy atom. The monoisotopic (exact) mass is 246 g/mol. The van der Waals surface area contributed by atoms with Crippen molar-refractivity contribution in [2.45, 2.75) is 13.3 Å². The van der Waals surface area contributed by atoms with Crippen molar-refractivity contribution < 1.29 is 17.8 Å². The lowest BCUT2D eigenvalue weighted by atomic mass is 10.1. The average molecular weight is 246 g/mol. The fraction of sp³-hybridized carbons (Fsp3) is 0.364. The quantitative estimate of drug-likeness (QED) is 0.747. The predicted molar refractivity (Wildman–Crippen MR) is 58.9 cm³/mol. The van der Waals surface area contributed by atoms with Crippen LogP contribution in [0.1, 0.15) is 23.7 Å². The highest BCUT2D eigenvalue weighted by atomic mass is 32.2. The van der Waals surface area contributed by atoms with Crippen molar-refractivity contribution in [1.82, 2.24) is 0 Å². The van der Waals surface area contributed by atoms with Crippen LogP contribution in [0.15, 0.2) is 18.2 Å². The van der Waals surface area contributed by atoms with E-state index >= 15 is 0 Å². The minimum atomic E-state index is -1.23. The normalized spacial score (nSPS) is 12.4. The third-order valence-electron chi connectivity index (χ3n) is 1.97. The van der Waals surface area contributed by atoms with Crippen molar-refractivity contribution in [3.63, 3.8) is 0 Å². The van der Waals surface area contributed by atoms with E-state index in [1.807, 2.05) is 6.92 Å². The average Bonchev–Trinajstić information content (AvgIpc) is 2.22. The molecule has 16 heavy (non-hydrogen) atoms. The lowest BCUT2D eigenvalue weighted by molar-refractivity contribution is 0.102. The van der Waals surface area contributed by atoms with Crippen molar-refractivity contribution >= 4 is 16.6 Å². The van der Waals surface area contributed by atoms with Gasteiger partial charge in [-0.2, -0.15) is 0 Å². The molecule has 0 aliphatic carbocycles. The third kappa shape index (κ3) is 3.48. The lowest BCUT2D eigenvalue weighted by Gasteiger charge is -2.01. The Labute approximate surface area is 95.1 Å². The van der Waals surface area contributed by atoms with Gasteiger partial charge >= 0.3 is 0 Å². The molecule has 5 heteroatoms. The highest BCUT2D eigenvalue weighted by molar-refractivity contribution is 7.85. The molecule has 0 saturated heterocycles. The summed E-state index contributed by atoms with van der Waals surface area (Å²) in [6.07, 6.45) is 0.720. The molecule has 1 rings (SSSR count). The summed E-state index contributed by atoms with van der Waals surface area (Å²) in [7, 11) is -1.23. The van der Waals surface area contributed by atoms with E-state index in [1.54, 1.807) is 0 Å². The van der Waals surface area contributed by atoms with E-state index in [0.717, 1.165) is 18.6 Å².